The largest absolute Gasteiger partial charge is 0.246 e. The fraction of sp³-hybridized carbons (Fsp3) is 0.250. The van der Waals surface area contributed by atoms with Crippen LogP contribution >= 0.6 is 11.3 Å². The van der Waals surface area contributed by atoms with Crippen LogP contribution in [0.15, 0.2) is 52.5 Å². The van der Waals surface area contributed by atoms with Gasteiger partial charge in [-0.25, -0.2) is 23.4 Å². The number of aryl methyl sites for hydroxylation is 1. The van der Waals surface area contributed by atoms with Crippen molar-refractivity contribution in [3.8, 4) is 11.3 Å². The lowest BCUT2D eigenvalue weighted by atomic mass is 10.1. The molecule has 4 rings (SSSR count). The molecular formula is C20H19N3O2S2. The number of thiophene rings is 1. The highest BCUT2D eigenvalue weighted by molar-refractivity contribution is 7.92. The van der Waals surface area contributed by atoms with Crippen LogP contribution in [-0.4, -0.2) is 29.9 Å². The van der Waals surface area contributed by atoms with Gasteiger partial charge in [0.25, 0.3) is 0 Å². The second-order valence-corrected chi connectivity index (χ2v) is 10.6. The van der Waals surface area contributed by atoms with Gasteiger partial charge in [0.1, 0.15) is 0 Å². The molecule has 3 heterocycles. The summed E-state index contributed by atoms with van der Waals surface area (Å²) in [4.78, 5) is 16.4. The number of benzene rings is 1. The normalized spacial score (nSPS) is 16.1. The van der Waals surface area contributed by atoms with E-state index >= 15 is 0 Å². The van der Waals surface area contributed by atoms with Crippen molar-refractivity contribution in [2.45, 2.75) is 36.8 Å². The molecule has 0 aliphatic carbocycles. The van der Waals surface area contributed by atoms with Crippen LogP contribution in [-0.2, 0) is 9.84 Å². The number of hydrogen-bond acceptors (Lipinski definition) is 6. The Kier molecular flexibility index (Phi) is 4.44. The Morgan fingerprint density at radius 2 is 1.81 bits per heavy atom. The summed E-state index contributed by atoms with van der Waals surface area (Å²) >= 11 is 1.73. The molecule has 0 spiro atoms. The van der Waals surface area contributed by atoms with Gasteiger partial charge in [0, 0.05) is 21.5 Å². The molecule has 7 heteroatoms. The highest BCUT2D eigenvalue weighted by atomic mass is 32.2. The molecule has 0 bridgehead atoms. The number of aliphatic imine (C=N–C) groups is 1. The van der Waals surface area contributed by atoms with E-state index in [1.165, 1.54) is 9.75 Å². The molecule has 3 aromatic rings. The molecule has 2 aromatic heterocycles. The first-order chi connectivity index (χ1) is 12.9. The van der Waals surface area contributed by atoms with Crippen molar-refractivity contribution in [1.29, 1.82) is 0 Å². The van der Waals surface area contributed by atoms with E-state index in [1.54, 1.807) is 55.6 Å². The summed E-state index contributed by atoms with van der Waals surface area (Å²) in [5.74, 6) is 0.667. The molecule has 0 saturated carbocycles. The molecule has 0 N–H and O–H groups in total. The van der Waals surface area contributed by atoms with Crippen molar-refractivity contribution in [3.05, 3.63) is 58.0 Å². The van der Waals surface area contributed by atoms with Crippen molar-refractivity contribution >= 4 is 33.2 Å². The quantitative estimate of drug-likeness (QED) is 0.648. The Labute approximate surface area is 162 Å². The van der Waals surface area contributed by atoms with Crippen molar-refractivity contribution < 1.29 is 8.42 Å². The first-order valence-electron chi connectivity index (χ1n) is 8.68. The number of hydrogen-bond donors (Lipinski definition) is 0. The molecule has 5 nitrogen and oxygen atoms in total. The van der Waals surface area contributed by atoms with Gasteiger partial charge >= 0.3 is 0 Å². The maximum atomic E-state index is 12.3. The van der Waals surface area contributed by atoms with E-state index in [4.69, 9.17) is 4.98 Å². The lowest BCUT2D eigenvalue weighted by molar-refractivity contribution is 0.587. The molecule has 1 atom stereocenters. The molecule has 0 radical (unpaired) electrons. The van der Waals surface area contributed by atoms with E-state index in [-0.39, 0.29) is 5.92 Å². The molecule has 1 aliphatic rings. The zero-order chi connectivity index (χ0) is 19.2. The second kappa shape index (κ2) is 6.65. The highest BCUT2D eigenvalue weighted by Gasteiger charge is 2.25. The van der Waals surface area contributed by atoms with Crippen molar-refractivity contribution in [2.75, 3.05) is 0 Å². The first kappa shape index (κ1) is 18.0. The van der Waals surface area contributed by atoms with Gasteiger partial charge in [-0.2, -0.15) is 0 Å². The van der Waals surface area contributed by atoms with Gasteiger partial charge in [-0.3, -0.25) is 0 Å². The lowest BCUT2D eigenvalue weighted by Crippen LogP contribution is -2.13. The molecule has 1 aromatic carbocycles. The van der Waals surface area contributed by atoms with Crippen LogP contribution in [0.2, 0.25) is 0 Å². The Bertz CT molecular complexity index is 1130. The van der Waals surface area contributed by atoms with E-state index in [2.05, 4.69) is 29.0 Å². The summed E-state index contributed by atoms with van der Waals surface area (Å²) in [6, 6.07) is 11.0. The zero-order valence-corrected chi connectivity index (χ0v) is 16.9. The lowest BCUT2D eigenvalue weighted by Gasteiger charge is -2.10. The molecule has 0 saturated heterocycles. The summed E-state index contributed by atoms with van der Waals surface area (Å²) in [5, 5.41) is -0.449. The van der Waals surface area contributed by atoms with Crippen LogP contribution in [0.25, 0.3) is 11.3 Å². The summed E-state index contributed by atoms with van der Waals surface area (Å²) in [6.45, 7) is 5.44. The fourth-order valence-electron chi connectivity index (χ4n) is 2.98. The Morgan fingerprint density at radius 3 is 2.44 bits per heavy atom. The smallest absolute Gasteiger partial charge is 0.180 e. The highest BCUT2D eigenvalue weighted by Crippen LogP contribution is 2.37. The molecule has 1 aliphatic heterocycles. The third-order valence-electron chi connectivity index (χ3n) is 4.59. The zero-order valence-electron chi connectivity index (χ0n) is 15.2. The van der Waals surface area contributed by atoms with E-state index in [0.717, 1.165) is 11.3 Å². The topological polar surface area (TPSA) is 72.3 Å². The number of nitrogens with zero attached hydrogens (tertiary/aromatic N) is 3. The summed E-state index contributed by atoms with van der Waals surface area (Å²) in [5.41, 5.74) is 2.39. The number of aromatic nitrogens is 2. The minimum Gasteiger partial charge on any atom is -0.246 e. The van der Waals surface area contributed by atoms with E-state index in [1.807, 2.05) is 6.21 Å². The first-order valence-corrected chi connectivity index (χ1v) is 11.0. The molecule has 27 heavy (non-hydrogen) atoms. The Balaban J connectivity index is 1.69. The third-order valence-corrected chi connectivity index (χ3v) is 7.84. The van der Waals surface area contributed by atoms with Gasteiger partial charge in [-0.05, 0) is 45.0 Å². The number of rotatable bonds is 4. The van der Waals surface area contributed by atoms with Crippen molar-refractivity contribution in [2.24, 2.45) is 4.99 Å². The fourth-order valence-corrected chi connectivity index (χ4v) is 4.98. The van der Waals surface area contributed by atoms with Gasteiger partial charge in [0.2, 0.25) is 0 Å². The van der Waals surface area contributed by atoms with Gasteiger partial charge in [0.05, 0.1) is 33.6 Å². The van der Waals surface area contributed by atoms with Gasteiger partial charge in [-0.1, -0.05) is 12.1 Å². The van der Waals surface area contributed by atoms with Crippen LogP contribution in [0, 0.1) is 6.92 Å². The van der Waals surface area contributed by atoms with Crippen LogP contribution in [0.4, 0.5) is 5.82 Å². The minimum absolute atomic E-state index is 0.0201. The van der Waals surface area contributed by atoms with Crippen LogP contribution in [0.3, 0.4) is 0 Å². The van der Waals surface area contributed by atoms with E-state index in [9.17, 15) is 8.42 Å². The van der Waals surface area contributed by atoms with Crippen LogP contribution in [0.1, 0.15) is 35.2 Å². The maximum absolute atomic E-state index is 12.3. The van der Waals surface area contributed by atoms with E-state index in [0.29, 0.717) is 16.4 Å². The monoisotopic (exact) mass is 397 g/mol. The summed E-state index contributed by atoms with van der Waals surface area (Å²) in [6.07, 6.45) is 3.57. The Morgan fingerprint density at radius 1 is 1.07 bits per heavy atom. The molecule has 1 unspecified atom stereocenters. The van der Waals surface area contributed by atoms with E-state index < -0.39 is 15.1 Å². The summed E-state index contributed by atoms with van der Waals surface area (Å²) < 4.78 is 24.6. The van der Waals surface area contributed by atoms with Crippen molar-refractivity contribution in [1.82, 2.24) is 9.97 Å². The number of fused-ring (bicyclic) bond motifs is 1. The average Bonchev–Trinajstić information content (AvgIpc) is 3.27. The predicted molar refractivity (Wildman–Crippen MR) is 109 cm³/mol. The average molecular weight is 398 g/mol. The summed E-state index contributed by atoms with van der Waals surface area (Å²) in [7, 11) is -3.28. The third kappa shape index (κ3) is 3.21. The maximum Gasteiger partial charge on any atom is 0.180 e. The SMILES string of the molecule is Cc1ccc(C2C=Nc3ncc(-c4ccc(S(=O)(=O)C(C)C)cc4)nc32)s1. The van der Waals surface area contributed by atoms with Gasteiger partial charge in [-0.15, -0.1) is 11.3 Å². The predicted octanol–water partition coefficient (Wildman–Crippen LogP) is 4.54. The van der Waals surface area contributed by atoms with Crippen LogP contribution in [0.5, 0.6) is 0 Å². The van der Waals surface area contributed by atoms with Crippen molar-refractivity contribution in [3.63, 3.8) is 0 Å². The molecular weight excluding hydrogens is 378 g/mol. The molecule has 0 fully saturated rings. The van der Waals surface area contributed by atoms with Gasteiger partial charge in [0.15, 0.2) is 15.7 Å². The molecule has 0 amide bonds. The number of sulfone groups is 1. The molecule has 138 valence electrons. The Hall–Kier alpha value is -2.38. The standard InChI is InChI=1S/C20H19N3O2S2/c1-12(2)27(24,25)15-7-5-14(6-8-15)17-11-22-20-19(23-17)16(10-21-20)18-9-4-13(3)26-18/h4-12,16H,1-3H3. The second-order valence-electron chi connectivity index (χ2n) is 6.79. The van der Waals surface area contributed by atoms with Gasteiger partial charge < -0.3 is 0 Å². The minimum atomic E-state index is -3.28. The van der Waals surface area contributed by atoms with Crippen LogP contribution < -0.4 is 0 Å².